The molecule has 0 unspecified atom stereocenters. The van der Waals surface area contributed by atoms with Crippen molar-refractivity contribution in [2.24, 2.45) is 5.92 Å². The van der Waals surface area contributed by atoms with Gasteiger partial charge in [-0.05, 0) is 26.7 Å². The van der Waals surface area contributed by atoms with Crippen molar-refractivity contribution in [2.75, 3.05) is 14.2 Å². The number of ether oxygens (including phenoxy) is 2. The van der Waals surface area contributed by atoms with Gasteiger partial charge in [0.05, 0.1) is 12.7 Å². The molecule has 1 heterocycles. The molecule has 0 saturated carbocycles. The van der Waals surface area contributed by atoms with E-state index in [4.69, 9.17) is 19.2 Å². The highest BCUT2D eigenvalue weighted by molar-refractivity contribution is 5.73. The van der Waals surface area contributed by atoms with Gasteiger partial charge in [0, 0.05) is 13.5 Å². The number of esters is 1. The number of hydrogen-bond donors (Lipinski definition) is 0. The fourth-order valence-corrected chi connectivity index (χ4v) is 2.25. The van der Waals surface area contributed by atoms with Crippen LogP contribution in [0.1, 0.15) is 46.5 Å². The molecule has 2 atom stereocenters. The minimum atomic E-state index is -1.03. The van der Waals surface area contributed by atoms with Crippen LogP contribution in [0.3, 0.4) is 0 Å². The summed E-state index contributed by atoms with van der Waals surface area (Å²) >= 11 is 0. The van der Waals surface area contributed by atoms with E-state index < -0.39 is 17.3 Å². The molecule has 0 amide bonds. The Bertz CT molecular complexity index is 289. The summed E-state index contributed by atoms with van der Waals surface area (Å²) in [6, 6.07) is 0. The second kappa shape index (κ2) is 5.99. The first-order valence-electron chi connectivity index (χ1n) is 6.40. The van der Waals surface area contributed by atoms with E-state index in [9.17, 15) is 4.79 Å². The van der Waals surface area contributed by atoms with E-state index >= 15 is 0 Å². The van der Waals surface area contributed by atoms with Gasteiger partial charge < -0.3 is 9.47 Å². The lowest BCUT2D eigenvalue weighted by atomic mass is 9.83. The van der Waals surface area contributed by atoms with Gasteiger partial charge in [0.25, 0.3) is 0 Å². The first-order valence-corrected chi connectivity index (χ1v) is 6.40. The van der Waals surface area contributed by atoms with Crippen molar-refractivity contribution in [3.63, 3.8) is 0 Å². The van der Waals surface area contributed by atoms with Gasteiger partial charge in [0.1, 0.15) is 5.92 Å². The first kappa shape index (κ1) is 15.4. The SMILES string of the molecule is CCCC[C@@]1(OC)OOC(C)(C)C[C@@H]1C(=O)OC. The zero-order valence-corrected chi connectivity index (χ0v) is 11.9. The lowest BCUT2D eigenvalue weighted by Crippen LogP contribution is -2.55. The smallest absolute Gasteiger partial charge is 0.314 e. The summed E-state index contributed by atoms with van der Waals surface area (Å²) in [5, 5.41) is 0. The molecule has 0 N–H and O–H groups in total. The highest BCUT2D eigenvalue weighted by Gasteiger charge is 2.53. The summed E-state index contributed by atoms with van der Waals surface area (Å²) in [4.78, 5) is 22.8. The molecule has 0 aromatic rings. The number of carbonyl (C=O) groups is 1. The lowest BCUT2D eigenvalue weighted by Gasteiger charge is -2.45. The van der Waals surface area contributed by atoms with E-state index in [1.54, 1.807) is 0 Å². The Morgan fingerprint density at radius 3 is 2.50 bits per heavy atom. The van der Waals surface area contributed by atoms with E-state index in [-0.39, 0.29) is 5.97 Å². The highest BCUT2D eigenvalue weighted by Crippen LogP contribution is 2.42. The molecule has 0 radical (unpaired) electrons. The number of rotatable bonds is 5. The molecule has 5 heteroatoms. The van der Waals surface area contributed by atoms with E-state index in [0.717, 1.165) is 12.8 Å². The van der Waals surface area contributed by atoms with Crippen molar-refractivity contribution in [3.8, 4) is 0 Å². The van der Waals surface area contributed by atoms with Gasteiger partial charge in [-0.2, -0.15) is 4.89 Å². The van der Waals surface area contributed by atoms with Gasteiger partial charge in [-0.25, -0.2) is 4.89 Å². The Morgan fingerprint density at radius 1 is 1.33 bits per heavy atom. The fourth-order valence-electron chi connectivity index (χ4n) is 2.25. The monoisotopic (exact) mass is 260 g/mol. The average molecular weight is 260 g/mol. The minimum Gasteiger partial charge on any atom is -0.469 e. The molecule has 1 saturated heterocycles. The number of unbranched alkanes of at least 4 members (excludes halogenated alkanes) is 1. The largest absolute Gasteiger partial charge is 0.469 e. The van der Waals surface area contributed by atoms with Gasteiger partial charge >= 0.3 is 5.97 Å². The number of carbonyl (C=O) groups excluding carboxylic acids is 1. The van der Waals surface area contributed by atoms with Crippen LogP contribution >= 0.6 is 0 Å². The van der Waals surface area contributed by atoms with Crippen molar-refractivity contribution < 1.29 is 24.0 Å². The van der Waals surface area contributed by atoms with Crippen molar-refractivity contribution in [1.29, 1.82) is 0 Å². The maximum atomic E-state index is 12.0. The summed E-state index contributed by atoms with van der Waals surface area (Å²) in [6.45, 7) is 5.83. The topological polar surface area (TPSA) is 54.0 Å². The molecular weight excluding hydrogens is 236 g/mol. The average Bonchev–Trinajstić information content (AvgIpc) is 2.36. The second-order valence-electron chi connectivity index (χ2n) is 5.33. The number of hydrogen-bond acceptors (Lipinski definition) is 5. The molecule has 0 aromatic heterocycles. The number of methoxy groups -OCH3 is 2. The molecule has 5 nitrogen and oxygen atoms in total. The lowest BCUT2D eigenvalue weighted by molar-refractivity contribution is -0.496. The molecule has 106 valence electrons. The third kappa shape index (κ3) is 3.22. The van der Waals surface area contributed by atoms with Gasteiger partial charge in [-0.15, -0.1) is 0 Å². The summed E-state index contributed by atoms with van der Waals surface area (Å²) in [6.07, 6.45) is 3.00. The van der Waals surface area contributed by atoms with Crippen LogP contribution in [-0.2, 0) is 24.0 Å². The molecule has 0 bridgehead atoms. The van der Waals surface area contributed by atoms with Crippen LogP contribution < -0.4 is 0 Å². The van der Waals surface area contributed by atoms with Gasteiger partial charge in [-0.3, -0.25) is 4.79 Å². The van der Waals surface area contributed by atoms with Crippen molar-refractivity contribution in [3.05, 3.63) is 0 Å². The molecule has 1 aliphatic heterocycles. The summed E-state index contributed by atoms with van der Waals surface area (Å²) in [5.74, 6) is -1.81. The zero-order chi connectivity index (χ0) is 13.8. The van der Waals surface area contributed by atoms with Crippen LogP contribution in [0, 0.1) is 5.92 Å². The molecule has 0 aromatic carbocycles. The van der Waals surface area contributed by atoms with Crippen LogP contribution in [-0.4, -0.2) is 31.6 Å². The van der Waals surface area contributed by atoms with E-state index in [2.05, 4.69) is 6.92 Å². The summed E-state index contributed by atoms with van der Waals surface area (Å²) in [5.41, 5.74) is -0.521. The molecule has 18 heavy (non-hydrogen) atoms. The van der Waals surface area contributed by atoms with Crippen molar-refractivity contribution in [1.82, 2.24) is 0 Å². The maximum absolute atomic E-state index is 12.0. The zero-order valence-electron chi connectivity index (χ0n) is 11.9. The van der Waals surface area contributed by atoms with Crippen LogP contribution in [0.15, 0.2) is 0 Å². The molecule has 0 spiro atoms. The minimum absolute atomic E-state index is 0.315. The Balaban J connectivity index is 2.94. The van der Waals surface area contributed by atoms with Crippen molar-refractivity contribution >= 4 is 5.97 Å². The van der Waals surface area contributed by atoms with Gasteiger partial charge in [0.15, 0.2) is 0 Å². The third-order valence-electron chi connectivity index (χ3n) is 3.34. The predicted octanol–water partition coefficient (Wildman–Crippen LogP) is 2.44. The van der Waals surface area contributed by atoms with E-state index in [1.165, 1.54) is 14.2 Å². The maximum Gasteiger partial charge on any atom is 0.314 e. The summed E-state index contributed by atoms with van der Waals surface area (Å²) in [7, 11) is 2.91. The second-order valence-corrected chi connectivity index (χ2v) is 5.33. The predicted molar refractivity (Wildman–Crippen MR) is 65.6 cm³/mol. The Hall–Kier alpha value is -0.650. The molecule has 0 aliphatic carbocycles. The molecular formula is C13H24O5. The van der Waals surface area contributed by atoms with Gasteiger partial charge in [0.2, 0.25) is 5.79 Å². The van der Waals surface area contributed by atoms with Gasteiger partial charge in [-0.1, -0.05) is 13.3 Å². The Labute approximate surface area is 109 Å². The quantitative estimate of drug-likeness (QED) is 0.561. The van der Waals surface area contributed by atoms with Crippen molar-refractivity contribution in [2.45, 2.75) is 57.8 Å². The van der Waals surface area contributed by atoms with Crippen LogP contribution in [0.5, 0.6) is 0 Å². The molecule has 1 fully saturated rings. The Kier molecular flexibility index (Phi) is 5.13. The normalized spacial score (nSPS) is 31.1. The Morgan fingerprint density at radius 2 is 2.00 bits per heavy atom. The third-order valence-corrected chi connectivity index (χ3v) is 3.34. The summed E-state index contributed by atoms with van der Waals surface area (Å²) < 4.78 is 10.3. The first-order chi connectivity index (χ1) is 8.40. The van der Waals surface area contributed by atoms with Crippen LogP contribution in [0.2, 0.25) is 0 Å². The molecule has 1 aliphatic rings. The molecule has 1 rings (SSSR count). The van der Waals surface area contributed by atoms with E-state index in [1.807, 2.05) is 13.8 Å². The highest BCUT2D eigenvalue weighted by atomic mass is 17.2. The fraction of sp³-hybridized carbons (Fsp3) is 0.923. The van der Waals surface area contributed by atoms with E-state index in [0.29, 0.717) is 12.8 Å². The van der Waals surface area contributed by atoms with Crippen LogP contribution in [0.25, 0.3) is 0 Å². The van der Waals surface area contributed by atoms with Crippen LogP contribution in [0.4, 0.5) is 0 Å². The standard InChI is InChI=1S/C13H24O5/c1-6-7-8-13(16-5)10(11(14)15-4)9-12(2,3)17-18-13/h10H,6-9H2,1-5H3/t10-,13-/m1/s1.